The Kier molecular flexibility index (Phi) is 3.71. The topological polar surface area (TPSA) is 65.7 Å². The van der Waals surface area contributed by atoms with Crippen LogP contribution in [-0.4, -0.2) is 9.97 Å². The fourth-order valence-corrected chi connectivity index (χ4v) is 2.17. The standard InChI is InChI=1S/C11H9ClN2O2S/c12-8-3-1-7(2-4-8)6-17-9-5-13-10(15)11(16)14-9/h1-5H,6H2,(H,13,15)(H,14,16). The molecule has 0 fully saturated rings. The summed E-state index contributed by atoms with van der Waals surface area (Å²) in [5.74, 6) is 0.694. The second-order valence-corrected chi connectivity index (χ2v) is 4.80. The summed E-state index contributed by atoms with van der Waals surface area (Å²) < 4.78 is 0. The summed E-state index contributed by atoms with van der Waals surface area (Å²) in [7, 11) is 0. The highest BCUT2D eigenvalue weighted by molar-refractivity contribution is 7.98. The van der Waals surface area contributed by atoms with E-state index in [0.29, 0.717) is 15.8 Å². The first-order chi connectivity index (χ1) is 8.15. The highest BCUT2D eigenvalue weighted by Gasteiger charge is 1.99. The summed E-state index contributed by atoms with van der Waals surface area (Å²) in [6.45, 7) is 0. The predicted octanol–water partition coefficient (Wildman–Crippen LogP) is 2.01. The van der Waals surface area contributed by atoms with Crippen LogP contribution in [0.4, 0.5) is 0 Å². The van der Waals surface area contributed by atoms with Gasteiger partial charge in [0.15, 0.2) is 0 Å². The van der Waals surface area contributed by atoms with Crippen molar-refractivity contribution in [2.24, 2.45) is 0 Å². The number of rotatable bonds is 3. The van der Waals surface area contributed by atoms with Gasteiger partial charge in [0.1, 0.15) is 0 Å². The molecule has 17 heavy (non-hydrogen) atoms. The lowest BCUT2D eigenvalue weighted by atomic mass is 10.2. The minimum absolute atomic E-state index is 0.629. The van der Waals surface area contributed by atoms with Gasteiger partial charge in [0.25, 0.3) is 0 Å². The molecule has 0 atom stereocenters. The number of aromatic nitrogens is 2. The summed E-state index contributed by atoms with van der Waals surface area (Å²) in [5, 5.41) is 1.32. The van der Waals surface area contributed by atoms with Gasteiger partial charge in [0, 0.05) is 17.0 Å². The zero-order chi connectivity index (χ0) is 12.3. The van der Waals surface area contributed by atoms with Gasteiger partial charge in [-0.1, -0.05) is 23.7 Å². The average Bonchev–Trinajstić information content (AvgIpc) is 2.33. The summed E-state index contributed by atoms with van der Waals surface area (Å²) >= 11 is 7.21. The SMILES string of the molecule is O=c1[nH]cc(SCc2ccc(Cl)cc2)[nH]c1=O. The van der Waals surface area contributed by atoms with Gasteiger partial charge in [0.05, 0.1) is 5.03 Å². The Balaban J connectivity index is 2.07. The number of nitrogens with one attached hydrogen (secondary N) is 2. The van der Waals surface area contributed by atoms with E-state index >= 15 is 0 Å². The molecule has 88 valence electrons. The highest BCUT2D eigenvalue weighted by atomic mass is 35.5. The Hall–Kier alpha value is -1.46. The third-order valence-corrected chi connectivity index (χ3v) is 3.35. The Morgan fingerprint density at radius 2 is 1.82 bits per heavy atom. The van der Waals surface area contributed by atoms with Crippen molar-refractivity contribution in [3.05, 3.63) is 61.8 Å². The molecule has 0 aliphatic rings. The maximum Gasteiger partial charge on any atom is 0.314 e. The second-order valence-electron chi connectivity index (χ2n) is 3.35. The molecule has 1 aromatic carbocycles. The Bertz CT molecular complexity index is 618. The molecule has 0 bridgehead atoms. The molecule has 0 unspecified atom stereocenters. The first-order valence-electron chi connectivity index (χ1n) is 4.84. The third-order valence-electron chi connectivity index (χ3n) is 2.08. The van der Waals surface area contributed by atoms with Gasteiger partial charge >= 0.3 is 11.1 Å². The van der Waals surface area contributed by atoms with Gasteiger partial charge in [0.2, 0.25) is 0 Å². The van der Waals surface area contributed by atoms with Crippen molar-refractivity contribution < 1.29 is 0 Å². The molecule has 0 saturated heterocycles. The number of thioether (sulfide) groups is 1. The molecule has 0 aliphatic heterocycles. The zero-order valence-corrected chi connectivity index (χ0v) is 10.3. The minimum atomic E-state index is -0.638. The molecular weight excluding hydrogens is 260 g/mol. The molecule has 2 aromatic rings. The van der Waals surface area contributed by atoms with E-state index in [1.54, 1.807) is 0 Å². The van der Waals surface area contributed by atoms with Crippen LogP contribution in [0.2, 0.25) is 5.02 Å². The Labute approximate surface area is 106 Å². The van der Waals surface area contributed by atoms with Crippen molar-refractivity contribution in [3.63, 3.8) is 0 Å². The molecule has 0 spiro atoms. The van der Waals surface area contributed by atoms with Crippen LogP contribution >= 0.6 is 23.4 Å². The molecule has 6 heteroatoms. The normalized spacial score (nSPS) is 10.4. The largest absolute Gasteiger partial charge is 0.322 e. The Morgan fingerprint density at radius 1 is 1.12 bits per heavy atom. The van der Waals surface area contributed by atoms with Crippen LogP contribution in [0.1, 0.15) is 5.56 Å². The fourth-order valence-electron chi connectivity index (χ4n) is 1.22. The number of aromatic amines is 2. The molecule has 0 aliphatic carbocycles. The quantitative estimate of drug-likeness (QED) is 0.661. The minimum Gasteiger partial charge on any atom is -0.322 e. The second kappa shape index (κ2) is 5.25. The monoisotopic (exact) mass is 268 g/mol. The van der Waals surface area contributed by atoms with E-state index in [-0.39, 0.29) is 0 Å². The predicted molar refractivity (Wildman–Crippen MR) is 68.7 cm³/mol. The Morgan fingerprint density at radius 3 is 2.47 bits per heavy atom. The number of hydrogen-bond donors (Lipinski definition) is 2. The molecule has 0 radical (unpaired) electrons. The molecule has 0 saturated carbocycles. The van der Waals surface area contributed by atoms with Gasteiger partial charge in [-0.25, -0.2) is 0 Å². The van der Waals surface area contributed by atoms with Crippen LogP contribution in [0.5, 0.6) is 0 Å². The smallest absolute Gasteiger partial charge is 0.314 e. The summed E-state index contributed by atoms with van der Waals surface area (Å²) in [6, 6.07) is 7.46. The van der Waals surface area contributed by atoms with Crippen molar-refractivity contribution in [1.29, 1.82) is 0 Å². The first kappa shape index (κ1) is 12.0. The summed E-state index contributed by atoms with van der Waals surface area (Å²) in [4.78, 5) is 26.8. The first-order valence-corrected chi connectivity index (χ1v) is 6.21. The average molecular weight is 269 g/mol. The fraction of sp³-hybridized carbons (Fsp3) is 0.0909. The maximum absolute atomic E-state index is 11.1. The number of halogens is 1. The van der Waals surface area contributed by atoms with Crippen molar-refractivity contribution in [2.45, 2.75) is 10.8 Å². The van der Waals surface area contributed by atoms with E-state index in [1.807, 2.05) is 24.3 Å². The van der Waals surface area contributed by atoms with Gasteiger partial charge in [-0.15, -0.1) is 11.8 Å². The third kappa shape index (κ3) is 3.25. The number of hydrogen-bond acceptors (Lipinski definition) is 3. The van der Waals surface area contributed by atoms with Crippen LogP contribution in [-0.2, 0) is 5.75 Å². The van der Waals surface area contributed by atoms with E-state index in [2.05, 4.69) is 9.97 Å². The molecule has 1 aromatic heterocycles. The van der Waals surface area contributed by atoms with Crippen molar-refractivity contribution in [1.82, 2.24) is 9.97 Å². The molecule has 0 amide bonds. The van der Waals surface area contributed by atoms with E-state index in [0.717, 1.165) is 5.56 Å². The highest BCUT2D eigenvalue weighted by Crippen LogP contribution is 2.19. The van der Waals surface area contributed by atoms with Gasteiger partial charge in [-0.3, -0.25) is 9.59 Å². The molecule has 2 rings (SSSR count). The lowest BCUT2D eigenvalue weighted by Gasteiger charge is -2.01. The lowest BCUT2D eigenvalue weighted by molar-refractivity contribution is 0.971. The molecule has 2 N–H and O–H groups in total. The van der Waals surface area contributed by atoms with Crippen LogP contribution < -0.4 is 11.1 Å². The number of H-pyrrole nitrogens is 2. The molecule has 1 heterocycles. The van der Waals surface area contributed by atoms with Crippen molar-refractivity contribution in [2.75, 3.05) is 0 Å². The van der Waals surface area contributed by atoms with Crippen LogP contribution in [0, 0.1) is 0 Å². The van der Waals surface area contributed by atoms with Gasteiger partial charge in [-0.2, -0.15) is 0 Å². The van der Waals surface area contributed by atoms with Gasteiger partial charge < -0.3 is 9.97 Å². The van der Waals surface area contributed by atoms with Crippen molar-refractivity contribution >= 4 is 23.4 Å². The zero-order valence-electron chi connectivity index (χ0n) is 8.70. The lowest BCUT2D eigenvalue weighted by Crippen LogP contribution is -2.28. The van der Waals surface area contributed by atoms with E-state index in [4.69, 9.17) is 11.6 Å². The van der Waals surface area contributed by atoms with Crippen LogP contribution in [0.15, 0.2) is 45.1 Å². The van der Waals surface area contributed by atoms with Gasteiger partial charge in [-0.05, 0) is 17.7 Å². The van der Waals surface area contributed by atoms with E-state index in [9.17, 15) is 9.59 Å². The van der Waals surface area contributed by atoms with E-state index in [1.165, 1.54) is 18.0 Å². The summed E-state index contributed by atoms with van der Waals surface area (Å²) in [6.07, 6.45) is 1.49. The van der Waals surface area contributed by atoms with Crippen molar-refractivity contribution in [3.8, 4) is 0 Å². The number of benzene rings is 1. The molecular formula is C11H9ClN2O2S. The maximum atomic E-state index is 11.1. The summed E-state index contributed by atoms with van der Waals surface area (Å²) in [5.41, 5.74) is -0.182. The van der Waals surface area contributed by atoms with Crippen LogP contribution in [0.25, 0.3) is 0 Å². The van der Waals surface area contributed by atoms with Crippen LogP contribution in [0.3, 0.4) is 0 Å². The molecule has 4 nitrogen and oxygen atoms in total. The van der Waals surface area contributed by atoms with E-state index < -0.39 is 11.1 Å².